The van der Waals surface area contributed by atoms with Crippen LogP contribution in [-0.4, -0.2) is 99.3 Å². The second-order valence-electron chi connectivity index (χ2n) is 8.22. The molecule has 0 N–H and O–H groups in total. The normalized spacial score (nSPS) is 18.3. The molecule has 2 amide bonds. The third kappa shape index (κ3) is 8.31. The summed E-state index contributed by atoms with van der Waals surface area (Å²) in [5.41, 5.74) is 0.836. The Morgan fingerprint density at radius 3 is 2.67 bits per heavy atom. The van der Waals surface area contributed by atoms with E-state index in [0.29, 0.717) is 58.0 Å². The van der Waals surface area contributed by atoms with Gasteiger partial charge in [-0.15, -0.1) is 5.10 Å². The molecule has 0 spiro atoms. The summed E-state index contributed by atoms with van der Waals surface area (Å²) in [6.45, 7) is 5.76. The number of ether oxygens (including phenoxy) is 1. The van der Waals surface area contributed by atoms with Crippen molar-refractivity contribution in [1.82, 2.24) is 24.6 Å². The number of hydrogen-bond acceptors (Lipinski definition) is 8. The van der Waals surface area contributed by atoms with E-state index in [9.17, 15) is 18.9 Å². The van der Waals surface area contributed by atoms with Gasteiger partial charge in [0.15, 0.2) is 7.29 Å². The van der Waals surface area contributed by atoms with E-state index in [-0.39, 0.29) is 35.7 Å². The fourth-order valence-corrected chi connectivity index (χ4v) is 6.68. The number of thioether (sulfide) groups is 1. The molecule has 2 atom stereocenters. The van der Waals surface area contributed by atoms with E-state index in [1.807, 2.05) is 19.4 Å². The zero-order valence-corrected chi connectivity index (χ0v) is 21.8. The molecule has 2 rings (SSSR count). The van der Waals surface area contributed by atoms with E-state index in [1.54, 1.807) is 23.3 Å². The molecule has 0 radical (unpaired) electrons. The highest BCUT2D eigenvalue weighted by atomic mass is 32.2. The highest BCUT2D eigenvalue weighted by Crippen LogP contribution is 2.49. The molecule has 2 unspecified atom stereocenters. The van der Waals surface area contributed by atoms with Crippen LogP contribution in [0.1, 0.15) is 38.3 Å². The van der Waals surface area contributed by atoms with E-state index in [1.165, 1.54) is 16.7 Å². The third-order valence-electron chi connectivity index (χ3n) is 5.81. The van der Waals surface area contributed by atoms with Crippen LogP contribution in [0.15, 0.2) is 6.20 Å². The maximum atomic E-state index is 13.7. The Hall–Kier alpha value is -1.55. The minimum atomic E-state index is -2.83. The van der Waals surface area contributed by atoms with Crippen molar-refractivity contribution in [1.29, 1.82) is 0 Å². The van der Waals surface area contributed by atoms with Crippen molar-refractivity contribution in [2.75, 3.05) is 51.9 Å². The Morgan fingerprint density at radius 2 is 2.06 bits per heavy atom. The summed E-state index contributed by atoms with van der Waals surface area (Å²) in [5.74, 6) is -0.194. The zero-order valence-electron chi connectivity index (χ0n) is 20.1. The molecular weight excluding hydrogens is 465 g/mol. The number of carbonyl (C=O) groups excluding carboxylic acids is 3. The molecule has 1 aliphatic heterocycles. The van der Waals surface area contributed by atoms with Crippen molar-refractivity contribution in [2.45, 2.75) is 51.3 Å². The topological polar surface area (TPSA) is 115 Å². The molecule has 1 aliphatic rings. The molecule has 10 nitrogen and oxygen atoms in total. The van der Waals surface area contributed by atoms with Crippen molar-refractivity contribution >= 4 is 36.7 Å². The lowest BCUT2D eigenvalue weighted by Crippen LogP contribution is -2.34. The van der Waals surface area contributed by atoms with Crippen molar-refractivity contribution in [3.05, 3.63) is 11.9 Å². The van der Waals surface area contributed by atoms with Crippen molar-refractivity contribution < 1.29 is 23.7 Å². The van der Waals surface area contributed by atoms with Crippen molar-refractivity contribution in [2.24, 2.45) is 0 Å². The quantitative estimate of drug-likeness (QED) is 0.191. The summed E-state index contributed by atoms with van der Waals surface area (Å²) in [7, 11) is -1.05. The average molecular weight is 502 g/mol. The Bertz CT molecular complexity index is 864. The van der Waals surface area contributed by atoms with Gasteiger partial charge in [-0.3, -0.25) is 24.0 Å². The lowest BCUT2D eigenvalue weighted by Gasteiger charge is -2.29. The third-order valence-corrected chi connectivity index (χ3v) is 10.00. The van der Waals surface area contributed by atoms with Gasteiger partial charge >= 0.3 is 0 Å². The van der Waals surface area contributed by atoms with Crippen LogP contribution in [0.5, 0.6) is 0 Å². The highest BCUT2D eigenvalue weighted by Gasteiger charge is 2.37. The molecule has 1 saturated heterocycles. The van der Waals surface area contributed by atoms with Crippen molar-refractivity contribution in [3.63, 3.8) is 0 Å². The second kappa shape index (κ2) is 13.4. The van der Waals surface area contributed by atoms with E-state index in [2.05, 4.69) is 10.3 Å². The summed E-state index contributed by atoms with van der Waals surface area (Å²) in [4.78, 5) is 37.6. The van der Waals surface area contributed by atoms with E-state index in [4.69, 9.17) is 4.74 Å². The van der Waals surface area contributed by atoms with Crippen LogP contribution in [0.25, 0.3) is 0 Å². The molecule has 0 bridgehead atoms. The first-order valence-electron chi connectivity index (χ1n) is 11.3. The number of carbonyl (C=O) groups is 3. The predicted octanol–water partition coefficient (Wildman–Crippen LogP) is 2.06. The number of amides is 2. The molecule has 0 aromatic carbocycles. The van der Waals surface area contributed by atoms with Crippen LogP contribution in [0.2, 0.25) is 0 Å². The molecule has 12 heteroatoms. The maximum absolute atomic E-state index is 13.7. The number of nitrogens with zero attached hydrogens (tertiary/aromatic N) is 5. The molecule has 0 saturated carbocycles. The van der Waals surface area contributed by atoms with Crippen LogP contribution in [0, 0.1) is 6.92 Å². The Kier molecular flexibility index (Phi) is 11.2. The first-order valence-corrected chi connectivity index (χ1v) is 14.6. The summed E-state index contributed by atoms with van der Waals surface area (Å²) in [5, 5.41) is 7.61. The smallest absolute Gasteiger partial charge is 0.242 e. The maximum Gasteiger partial charge on any atom is 0.242 e. The van der Waals surface area contributed by atoms with Gasteiger partial charge in [0.2, 0.25) is 11.8 Å². The number of aromatic nitrogens is 3. The first kappa shape index (κ1) is 27.7. The minimum absolute atomic E-state index is 0.0856. The summed E-state index contributed by atoms with van der Waals surface area (Å²) >= 11 is 1.39. The molecule has 1 fully saturated rings. The number of aryl methyl sites for hydroxylation is 1. The lowest BCUT2D eigenvalue weighted by atomic mass is 10.2. The van der Waals surface area contributed by atoms with Gasteiger partial charge in [-0.1, -0.05) is 12.1 Å². The van der Waals surface area contributed by atoms with E-state index < -0.39 is 7.29 Å². The van der Waals surface area contributed by atoms with Gasteiger partial charge < -0.3 is 9.30 Å². The van der Waals surface area contributed by atoms with Gasteiger partial charge in [0.25, 0.3) is 0 Å². The fourth-order valence-electron chi connectivity index (χ4n) is 3.61. The predicted molar refractivity (Wildman–Crippen MR) is 129 cm³/mol. The number of likely N-dealkylation sites (tertiary alicyclic amines) is 1. The van der Waals surface area contributed by atoms with Crippen LogP contribution >= 0.6 is 19.1 Å². The second-order valence-corrected chi connectivity index (χ2v) is 12.5. The number of rotatable bonds is 16. The molecule has 1 aromatic rings. The zero-order chi connectivity index (χ0) is 24.4. The SMILES string of the molecule is CCC(=O)CCP(=O)(CCOCCn1cc(C)nn1)N(C)CCCN1C(=O)CC(SC)C1=O. The summed E-state index contributed by atoms with van der Waals surface area (Å²) in [6.07, 6.45) is 5.78. The first-order chi connectivity index (χ1) is 15.7. The fraction of sp³-hybridized carbons (Fsp3) is 0.762. The van der Waals surface area contributed by atoms with Gasteiger partial charge in [-0.05, 0) is 26.6 Å². The minimum Gasteiger partial charge on any atom is -0.379 e. The summed E-state index contributed by atoms with van der Waals surface area (Å²) < 4.78 is 22.9. The molecule has 186 valence electrons. The van der Waals surface area contributed by atoms with Crippen LogP contribution in [0.3, 0.4) is 0 Å². The molecular formula is C21H36N5O5PS. The van der Waals surface area contributed by atoms with Crippen LogP contribution < -0.4 is 0 Å². The van der Waals surface area contributed by atoms with Gasteiger partial charge in [-0.25, -0.2) is 4.68 Å². The van der Waals surface area contributed by atoms with Gasteiger partial charge in [0.1, 0.15) is 5.78 Å². The molecule has 33 heavy (non-hydrogen) atoms. The van der Waals surface area contributed by atoms with Crippen LogP contribution in [-0.2, 0) is 30.2 Å². The van der Waals surface area contributed by atoms with Gasteiger partial charge in [0.05, 0.1) is 30.7 Å². The van der Waals surface area contributed by atoms with Crippen LogP contribution in [0.4, 0.5) is 0 Å². The van der Waals surface area contributed by atoms with E-state index in [0.717, 1.165) is 5.69 Å². The number of ketones is 1. The van der Waals surface area contributed by atoms with E-state index >= 15 is 0 Å². The number of Topliss-reactive ketones (excluding diaryl/α,β-unsaturated/α-hetero) is 1. The number of hydrogen-bond donors (Lipinski definition) is 0. The molecule has 1 aromatic heterocycles. The Balaban J connectivity index is 1.85. The van der Waals surface area contributed by atoms with Gasteiger partial charge in [-0.2, -0.15) is 11.8 Å². The number of imide groups is 1. The van der Waals surface area contributed by atoms with Crippen molar-refractivity contribution in [3.8, 4) is 0 Å². The average Bonchev–Trinajstić information content (AvgIpc) is 3.33. The van der Waals surface area contributed by atoms with Gasteiger partial charge in [0, 0.05) is 50.9 Å². The summed E-state index contributed by atoms with van der Waals surface area (Å²) in [6, 6.07) is 0. The lowest BCUT2D eigenvalue weighted by molar-refractivity contribution is -0.138. The molecule has 0 aliphatic carbocycles. The Morgan fingerprint density at radius 1 is 1.30 bits per heavy atom. The monoisotopic (exact) mass is 501 g/mol. The Labute approximate surface area is 200 Å². The highest BCUT2D eigenvalue weighted by molar-refractivity contribution is 8.00. The largest absolute Gasteiger partial charge is 0.379 e. The standard InChI is InChI=1S/C21H36N5O5PS/c1-5-18(27)7-13-32(30,14-12-31-11-10-25-16-17(2)22-23-25)24(3)8-6-9-26-20(28)15-19(33-4)21(26)29/h16,19H,5-15H2,1-4H3. The molecule has 2 heterocycles.